The third-order valence-electron chi connectivity index (χ3n) is 3.94. The van der Waals surface area contributed by atoms with Crippen LogP contribution in [-0.2, 0) is 9.53 Å². The number of cyclic esters (lactones) is 1. The largest absolute Gasteiger partial charge is 0.493 e. The number of ether oxygens (including phenoxy) is 4. The summed E-state index contributed by atoms with van der Waals surface area (Å²) in [6.45, 7) is 0. The number of methoxy groups -OCH3 is 3. The van der Waals surface area contributed by atoms with Gasteiger partial charge in [-0.25, -0.2) is 9.79 Å². The van der Waals surface area contributed by atoms with E-state index < -0.39 is 10.9 Å². The Balaban J connectivity index is 1.96. The van der Waals surface area contributed by atoms with E-state index in [0.29, 0.717) is 28.4 Å². The molecule has 0 saturated carbocycles. The fourth-order valence-electron chi connectivity index (χ4n) is 2.59. The Hall–Kier alpha value is -3.88. The van der Waals surface area contributed by atoms with Gasteiger partial charge in [0, 0.05) is 17.7 Å². The third-order valence-corrected chi connectivity index (χ3v) is 3.94. The fraction of sp³-hybridized carbons (Fsp3) is 0.158. The lowest BCUT2D eigenvalue weighted by atomic mass is 10.1. The number of nitro groups is 1. The number of aliphatic imine (C=N–C) groups is 1. The highest BCUT2D eigenvalue weighted by Crippen LogP contribution is 2.39. The third kappa shape index (κ3) is 3.63. The molecule has 0 spiro atoms. The first-order chi connectivity index (χ1) is 13.5. The topological polar surface area (TPSA) is 109 Å². The second-order valence-corrected chi connectivity index (χ2v) is 5.60. The lowest BCUT2D eigenvalue weighted by Crippen LogP contribution is -2.06. The van der Waals surface area contributed by atoms with Crippen molar-refractivity contribution in [2.24, 2.45) is 4.99 Å². The number of benzene rings is 2. The SMILES string of the molecule is COc1cc(C2=NC(=Cc3ccc([N+](=O)[O-])cc3)C(=O)O2)cc(OC)c1OC. The highest BCUT2D eigenvalue weighted by Gasteiger charge is 2.26. The number of esters is 1. The Kier molecular flexibility index (Phi) is 5.25. The zero-order valence-corrected chi connectivity index (χ0v) is 15.3. The summed E-state index contributed by atoms with van der Waals surface area (Å²) in [4.78, 5) is 26.6. The van der Waals surface area contributed by atoms with Gasteiger partial charge in [-0.05, 0) is 35.9 Å². The number of hydrogen-bond donors (Lipinski definition) is 0. The maximum Gasteiger partial charge on any atom is 0.363 e. The van der Waals surface area contributed by atoms with Crippen LogP contribution in [0.2, 0.25) is 0 Å². The van der Waals surface area contributed by atoms with Crippen LogP contribution in [0.15, 0.2) is 47.1 Å². The molecule has 0 saturated heterocycles. The molecule has 0 bridgehead atoms. The summed E-state index contributed by atoms with van der Waals surface area (Å²) in [7, 11) is 4.44. The molecule has 28 heavy (non-hydrogen) atoms. The molecule has 0 unspecified atom stereocenters. The van der Waals surface area contributed by atoms with Gasteiger partial charge < -0.3 is 18.9 Å². The smallest absolute Gasteiger partial charge is 0.363 e. The summed E-state index contributed by atoms with van der Waals surface area (Å²) in [5.74, 6) is 0.631. The van der Waals surface area contributed by atoms with Gasteiger partial charge in [0.2, 0.25) is 11.6 Å². The van der Waals surface area contributed by atoms with Gasteiger partial charge in [-0.1, -0.05) is 0 Å². The van der Waals surface area contributed by atoms with Crippen molar-refractivity contribution in [1.82, 2.24) is 0 Å². The highest BCUT2D eigenvalue weighted by atomic mass is 16.6. The lowest BCUT2D eigenvalue weighted by Gasteiger charge is -2.13. The number of non-ortho nitro benzene ring substituents is 1. The van der Waals surface area contributed by atoms with Gasteiger partial charge >= 0.3 is 5.97 Å². The number of carbonyl (C=O) groups is 1. The van der Waals surface area contributed by atoms with Crippen molar-refractivity contribution in [3.8, 4) is 17.2 Å². The molecule has 2 aromatic rings. The van der Waals surface area contributed by atoms with Crippen LogP contribution in [-0.4, -0.2) is 38.1 Å². The molecule has 2 aromatic carbocycles. The van der Waals surface area contributed by atoms with Gasteiger partial charge in [0.15, 0.2) is 17.2 Å². The van der Waals surface area contributed by atoms with Crippen LogP contribution in [0, 0.1) is 10.1 Å². The number of carbonyl (C=O) groups excluding carboxylic acids is 1. The molecular weight excluding hydrogens is 368 g/mol. The van der Waals surface area contributed by atoms with Crippen molar-refractivity contribution in [2.75, 3.05) is 21.3 Å². The average molecular weight is 384 g/mol. The molecule has 9 heteroatoms. The maximum absolute atomic E-state index is 12.2. The van der Waals surface area contributed by atoms with Gasteiger partial charge in [0.25, 0.3) is 5.69 Å². The van der Waals surface area contributed by atoms with Crippen LogP contribution in [0.4, 0.5) is 5.69 Å². The van der Waals surface area contributed by atoms with Crippen molar-refractivity contribution in [2.45, 2.75) is 0 Å². The molecule has 1 heterocycles. The predicted molar refractivity (Wildman–Crippen MR) is 99.8 cm³/mol. The summed E-state index contributed by atoms with van der Waals surface area (Å²) < 4.78 is 21.1. The van der Waals surface area contributed by atoms with E-state index in [1.807, 2.05) is 0 Å². The number of nitro benzene ring substituents is 1. The molecule has 0 aliphatic carbocycles. The van der Waals surface area contributed by atoms with E-state index >= 15 is 0 Å². The van der Waals surface area contributed by atoms with E-state index in [0.717, 1.165) is 0 Å². The minimum Gasteiger partial charge on any atom is -0.493 e. The quantitative estimate of drug-likeness (QED) is 0.326. The Morgan fingerprint density at radius 1 is 1.04 bits per heavy atom. The molecule has 1 aliphatic heterocycles. The summed E-state index contributed by atoms with van der Waals surface area (Å²) in [5, 5.41) is 10.7. The highest BCUT2D eigenvalue weighted by molar-refractivity contribution is 6.13. The maximum atomic E-state index is 12.2. The van der Waals surface area contributed by atoms with Gasteiger partial charge in [-0.2, -0.15) is 0 Å². The molecule has 0 N–H and O–H groups in total. The standard InChI is InChI=1S/C19H16N2O7/c1-25-15-9-12(10-16(26-2)17(15)27-3)18-20-14(19(22)28-18)8-11-4-6-13(7-5-11)21(23)24/h4-10H,1-3H3. The van der Waals surface area contributed by atoms with Crippen molar-refractivity contribution >= 4 is 23.6 Å². The van der Waals surface area contributed by atoms with Crippen LogP contribution in [0.3, 0.4) is 0 Å². The van der Waals surface area contributed by atoms with E-state index in [2.05, 4.69) is 4.99 Å². The first-order valence-electron chi connectivity index (χ1n) is 8.04. The van der Waals surface area contributed by atoms with Crippen LogP contribution >= 0.6 is 0 Å². The summed E-state index contributed by atoms with van der Waals surface area (Å²) in [6.07, 6.45) is 1.48. The minimum absolute atomic E-state index is 0.0437. The number of nitrogens with zero attached hydrogens (tertiary/aromatic N) is 2. The minimum atomic E-state index is -0.637. The fourth-order valence-corrected chi connectivity index (χ4v) is 2.59. The van der Waals surface area contributed by atoms with E-state index in [-0.39, 0.29) is 17.3 Å². The molecule has 1 aliphatic rings. The second-order valence-electron chi connectivity index (χ2n) is 5.60. The van der Waals surface area contributed by atoms with Crippen LogP contribution in [0.5, 0.6) is 17.2 Å². The van der Waals surface area contributed by atoms with Gasteiger partial charge in [-0.15, -0.1) is 0 Å². The normalized spacial score (nSPS) is 14.5. The van der Waals surface area contributed by atoms with Gasteiger partial charge in [0.05, 0.1) is 26.3 Å². The molecule has 9 nitrogen and oxygen atoms in total. The van der Waals surface area contributed by atoms with E-state index in [1.54, 1.807) is 12.1 Å². The number of hydrogen-bond acceptors (Lipinski definition) is 8. The Morgan fingerprint density at radius 2 is 1.64 bits per heavy atom. The van der Waals surface area contributed by atoms with E-state index in [1.165, 1.54) is 51.7 Å². The first kappa shape index (κ1) is 18.9. The summed E-state index contributed by atoms with van der Waals surface area (Å²) in [6, 6.07) is 8.95. The molecular formula is C19H16N2O7. The molecule has 0 atom stereocenters. The molecule has 3 rings (SSSR count). The molecule has 0 amide bonds. The van der Waals surface area contributed by atoms with Gasteiger partial charge in [-0.3, -0.25) is 10.1 Å². The summed E-state index contributed by atoms with van der Waals surface area (Å²) >= 11 is 0. The Morgan fingerprint density at radius 3 is 2.14 bits per heavy atom. The van der Waals surface area contributed by atoms with Crippen molar-refractivity contribution < 1.29 is 28.7 Å². The zero-order chi connectivity index (χ0) is 20.3. The lowest BCUT2D eigenvalue weighted by molar-refractivity contribution is -0.384. The zero-order valence-electron chi connectivity index (χ0n) is 15.3. The van der Waals surface area contributed by atoms with Gasteiger partial charge in [0.1, 0.15) is 0 Å². The van der Waals surface area contributed by atoms with Crippen molar-refractivity contribution in [1.29, 1.82) is 0 Å². The van der Waals surface area contributed by atoms with E-state index in [4.69, 9.17) is 18.9 Å². The monoisotopic (exact) mass is 384 g/mol. The van der Waals surface area contributed by atoms with Crippen LogP contribution in [0.1, 0.15) is 11.1 Å². The molecule has 144 valence electrons. The predicted octanol–water partition coefficient (Wildman–Crippen LogP) is 2.97. The summed E-state index contributed by atoms with van der Waals surface area (Å²) in [5.41, 5.74) is 1.07. The van der Waals surface area contributed by atoms with Crippen LogP contribution in [0.25, 0.3) is 6.08 Å². The second kappa shape index (κ2) is 7.78. The molecule has 0 fully saturated rings. The van der Waals surface area contributed by atoms with Crippen molar-refractivity contribution in [3.63, 3.8) is 0 Å². The van der Waals surface area contributed by atoms with E-state index in [9.17, 15) is 14.9 Å². The van der Waals surface area contributed by atoms with Crippen molar-refractivity contribution in [3.05, 3.63) is 63.3 Å². The number of rotatable bonds is 6. The Bertz CT molecular complexity index is 969. The first-order valence-corrected chi connectivity index (χ1v) is 8.04. The van der Waals surface area contributed by atoms with Crippen LogP contribution < -0.4 is 14.2 Å². The molecule has 0 aromatic heterocycles. The Labute approximate surface area is 160 Å². The molecule has 0 radical (unpaired) electrons. The average Bonchev–Trinajstić information content (AvgIpc) is 3.07.